The van der Waals surface area contributed by atoms with Gasteiger partial charge in [0, 0.05) is 25.9 Å². The molecule has 0 unspecified atom stereocenters. The monoisotopic (exact) mass is 386 g/mol. The molecule has 6 heteroatoms. The van der Waals surface area contributed by atoms with Crippen molar-refractivity contribution in [2.24, 2.45) is 0 Å². The molecule has 28 heavy (non-hydrogen) atoms. The van der Waals surface area contributed by atoms with Gasteiger partial charge in [0.1, 0.15) is 11.9 Å². The summed E-state index contributed by atoms with van der Waals surface area (Å²) in [5, 5.41) is 11.7. The number of hydrogen-bond acceptors (Lipinski definition) is 3. The van der Waals surface area contributed by atoms with Gasteiger partial charge in [0.05, 0.1) is 6.61 Å². The molecule has 0 aliphatic carbocycles. The molecule has 2 amide bonds. The zero-order valence-corrected chi connectivity index (χ0v) is 16.1. The lowest BCUT2D eigenvalue weighted by Gasteiger charge is -2.31. The molecule has 0 fully saturated rings. The summed E-state index contributed by atoms with van der Waals surface area (Å²) in [6.45, 7) is 2.07. The van der Waals surface area contributed by atoms with Crippen LogP contribution in [0.5, 0.6) is 0 Å². The summed E-state index contributed by atoms with van der Waals surface area (Å²) < 4.78 is 13.2. The van der Waals surface area contributed by atoms with Crippen molar-refractivity contribution in [3.63, 3.8) is 0 Å². The second kappa shape index (κ2) is 11.2. The third-order valence-corrected chi connectivity index (χ3v) is 4.41. The minimum absolute atomic E-state index is 0.122. The van der Waals surface area contributed by atoms with Gasteiger partial charge >= 0.3 is 0 Å². The molecule has 5 nitrogen and oxygen atoms in total. The van der Waals surface area contributed by atoms with E-state index in [0.29, 0.717) is 19.3 Å². The molecule has 1 atom stereocenters. The van der Waals surface area contributed by atoms with Crippen molar-refractivity contribution >= 4 is 11.8 Å². The second-order valence-corrected chi connectivity index (χ2v) is 6.62. The Labute approximate surface area is 165 Å². The molecule has 0 radical (unpaired) electrons. The van der Waals surface area contributed by atoms with E-state index in [2.05, 4.69) is 5.32 Å². The lowest BCUT2D eigenvalue weighted by molar-refractivity contribution is -0.141. The van der Waals surface area contributed by atoms with Crippen molar-refractivity contribution in [2.75, 3.05) is 13.2 Å². The van der Waals surface area contributed by atoms with Crippen molar-refractivity contribution in [2.45, 2.75) is 38.8 Å². The Hall–Kier alpha value is -2.73. The van der Waals surface area contributed by atoms with Crippen LogP contribution in [-0.2, 0) is 22.6 Å². The number of rotatable bonds is 10. The SMILES string of the molecule is CCCC(=O)N(Cc1ccc(F)cc1)[C@H](Cc1ccccc1)C(=O)NCCO. The molecule has 0 heterocycles. The van der Waals surface area contributed by atoms with Gasteiger partial charge in [-0.3, -0.25) is 9.59 Å². The van der Waals surface area contributed by atoms with Crippen molar-refractivity contribution in [3.8, 4) is 0 Å². The highest BCUT2D eigenvalue weighted by Gasteiger charge is 2.29. The zero-order valence-electron chi connectivity index (χ0n) is 16.1. The van der Waals surface area contributed by atoms with Gasteiger partial charge in [-0.25, -0.2) is 4.39 Å². The Bertz CT molecular complexity index is 750. The van der Waals surface area contributed by atoms with E-state index in [9.17, 15) is 14.0 Å². The molecular formula is C22H27FN2O3. The first-order valence-corrected chi connectivity index (χ1v) is 9.51. The van der Waals surface area contributed by atoms with E-state index in [0.717, 1.165) is 11.1 Å². The number of nitrogens with one attached hydrogen (secondary N) is 1. The first-order chi connectivity index (χ1) is 13.5. The maximum absolute atomic E-state index is 13.2. The number of halogens is 1. The quantitative estimate of drug-likeness (QED) is 0.660. The van der Waals surface area contributed by atoms with E-state index in [-0.39, 0.29) is 37.3 Å². The highest BCUT2D eigenvalue weighted by atomic mass is 19.1. The Morgan fingerprint density at radius 3 is 2.36 bits per heavy atom. The van der Waals surface area contributed by atoms with Crippen molar-refractivity contribution in [3.05, 3.63) is 71.5 Å². The third-order valence-electron chi connectivity index (χ3n) is 4.41. The summed E-state index contributed by atoms with van der Waals surface area (Å²) in [5.74, 6) is -0.798. The molecule has 0 aliphatic heterocycles. The van der Waals surface area contributed by atoms with Gasteiger partial charge in [-0.15, -0.1) is 0 Å². The second-order valence-electron chi connectivity index (χ2n) is 6.62. The Balaban J connectivity index is 2.32. The maximum atomic E-state index is 13.2. The first kappa shape index (κ1) is 21.6. The van der Waals surface area contributed by atoms with E-state index >= 15 is 0 Å². The molecule has 0 spiro atoms. The van der Waals surface area contributed by atoms with Crippen LogP contribution >= 0.6 is 0 Å². The molecule has 150 valence electrons. The number of nitrogens with zero attached hydrogens (tertiary/aromatic N) is 1. The number of carbonyl (C=O) groups is 2. The summed E-state index contributed by atoms with van der Waals surface area (Å²) in [5.41, 5.74) is 1.68. The minimum Gasteiger partial charge on any atom is -0.395 e. The Morgan fingerprint density at radius 1 is 1.07 bits per heavy atom. The van der Waals surface area contributed by atoms with Crippen LogP contribution in [0, 0.1) is 5.82 Å². The molecule has 0 aliphatic rings. The smallest absolute Gasteiger partial charge is 0.243 e. The molecule has 0 saturated heterocycles. The van der Waals surface area contributed by atoms with Crippen LogP contribution in [0.2, 0.25) is 0 Å². The van der Waals surface area contributed by atoms with Crippen molar-refractivity contribution in [1.82, 2.24) is 10.2 Å². The van der Waals surface area contributed by atoms with Crippen LogP contribution in [0.15, 0.2) is 54.6 Å². The van der Waals surface area contributed by atoms with Gasteiger partial charge in [0.25, 0.3) is 0 Å². The van der Waals surface area contributed by atoms with E-state index in [1.165, 1.54) is 12.1 Å². The Morgan fingerprint density at radius 2 is 1.75 bits per heavy atom. The fraction of sp³-hybridized carbons (Fsp3) is 0.364. The normalized spacial score (nSPS) is 11.7. The number of aliphatic hydroxyl groups is 1. The van der Waals surface area contributed by atoms with E-state index in [1.54, 1.807) is 17.0 Å². The number of hydrogen-bond donors (Lipinski definition) is 2. The van der Waals surface area contributed by atoms with Gasteiger partial charge in [0.15, 0.2) is 0 Å². The van der Waals surface area contributed by atoms with E-state index in [4.69, 9.17) is 5.11 Å². The lowest BCUT2D eigenvalue weighted by atomic mass is 10.0. The minimum atomic E-state index is -0.724. The topological polar surface area (TPSA) is 69.6 Å². The van der Waals surface area contributed by atoms with Gasteiger partial charge in [-0.2, -0.15) is 0 Å². The number of aliphatic hydroxyl groups excluding tert-OH is 1. The van der Waals surface area contributed by atoms with Gasteiger partial charge < -0.3 is 15.3 Å². The number of carbonyl (C=O) groups excluding carboxylic acids is 2. The van der Waals surface area contributed by atoms with Crippen LogP contribution in [0.4, 0.5) is 4.39 Å². The number of benzene rings is 2. The predicted octanol–water partition coefficient (Wildman–Crippen LogP) is 2.67. The molecule has 0 saturated carbocycles. The van der Waals surface area contributed by atoms with Crippen molar-refractivity contribution < 1.29 is 19.1 Å². The fourth-order valence-electron chi connectivity index (χ4n) is 2.99. The summed E-state index contributed by atoms with van der Waals surface area (Å²) >= 11 is 0. The highest BCUT2D eigenvalue weighted by molar-refractivity contribution is 5.88. The summed E-state index contributed by atoms with van der Waals surface area (Å²) in [7, 11) is 0. The fourth-order valence-corrected chi connectivity index (χ4v) is 2.99. The first-order valence-electron chi connectivity index (χ1n) is 9.51. The van der Waals surface area contributed by atoms with Crippen molar-refractivity contribution in [1.29, 1.82) is 0 Å². The van der Waals surface area contributed by atoms with Gasteiger partial charge in [0.2, 0.25) is 11.8 Å². The molecule has 2 N–H and O–H groups in total. The number of amides is 2. The summed E-state index contributed by atoms with van der Waals surface area (Å²) in [6.07, 6.45) is 1.34. The van der Waals surface area contributed by atoms with Crippen LogP contribution in [0.25, 0.3) is 0 Å². The maximum Gasteiger partial charge on any atom is 0.243 e. The van der Waals surface area contributed by atoms with Crippen LogP contribution in [-0.4, -0.2) is 41.0 Å². The molecule has 0 bridgehead atoms. The highest BCUT2D eigenvalue weighted by Crippen LogP contribution is 2.16. The molecular weight excluding hydrogens is 359 g/mol. The van der Waals surface area contributed by atoms with Crippen LogP contribution < -0.4 is 5.32 Å². The predicted molar refractivity (Wildman–Crippen MR) is 106 cm³/mol. The largest absolute Gasteiger partial charge is 0.395 e. The molecule has 2 aromatic rings. The zero-order chi connectivity index (χ0) is 20.4. The average molecular weight is 386 g/mol. The molecule has 2 rings (SSSR count). The van der Waals surface area contributed by atoms with Crippen LogP contribution in [0.1, 0.15) is 30.9 Å². The Kier molecular flexibility index (Phi) is 8.62. The van der Waals surface area contributed by atoms with E-state index in [1.807, 2.05) is 37.3 Å². The van der Waals surface area contributed by atoms with Crippen LogP contribution in [0.3, 0.4) is 0 Å². The summed E-state index contributed by atoms with van der Waals surface area (Å²) in [4.78, 5) is 27.2. The lowest BCUT2D eigenvalue weighted by Crippen LogP contribution is -2.50. The summed E-state index contributed by atoms with van der Waals surface area (Å²) in [6, 6.07) is 14.7. The third kappa shape index (κ3) is 6.46. The van der Waals surface area contributed by atoms with E-state index < -0.39 is 6.04 Å². The standard InChI is InChI=1S/C22H27FN2O3/c1-2-6-21(27)25(16-18-9-11-19(23)12-10-18)20(22(28)24-13-14-26)15-17-7-4-3-5-8-17/h3-5,7-12,20,26H,2,6,13-16H2,1H3,(H,24,28)/t20-/m1/s1. The van der Waals surface area contributed by atoms with Gasteiger partial charge in [-0.05, 0) is 29.7 Å². The molecule has 0 aromatic heterocycles. The van der Waals surface area contributed by atoms with Gasteiger partial charge in [-0.1, -0.05) is 49.4 Å². The molecule has 2 aromatic carbocycles. The average Bonchev–Trinajstić information content (AvgIpc) is 2.71.